The summed E-state index contributed by atoms with van der Waals surface area (Å²) < 4.78 is 0. The van der Waals surface area contributed by atoms with Gasteiger partial charge in [0.15, 0.2) is 0 Å². The number of benzene rings is 4. The molecule has 4 aromatic carbocycles. The predicted molar refractivity (Wildman–Crippen MR) is 164 cm³/mol. The zero-order valence-corrected chi connectivity index (χ0v) is 24.1. The highest BCUT2D eigenvalue weighted by atomic mass is 14.3. The van der Waals surface area contributed by atoms with Gasteiger partial charge in [-0.15, -0.1) is 0 Å². The molecule has 0 heteroatoms. The first kappa shape index (κ1) is 28.5. The summed E-state index contributed by atoms with van der Waals surface area (Å²) in [4.78, 5) is 0. The second-order valence-corrected chi connectivity index (χ2v) is 11.0. The first-order valence-corrected chi connectivity index (χ1v) is 14.1. The van der Waals surface area contributed by atoms with E-state index in [9.17, 15) is 0 Å². The minimum Gasteiger partial charge on any atom is -0.0648 e. The molecule has 1 saturated carbocycles. The van der Waals surface area contributed by atoms with E-state index in [-0.39, 0.29) is 0 Å². The zero-order chi connectivity index (χ0) is 26.8. The number of rotatable bonds is 4. The lowest BCUT2D eigenvalue weighted by molar-refractivity contribution is 0.219. The van der Waals surface area contributed by atoms with Crippen molar-refractivity contribution in [2.24, 2.45) is 11.8 Å². The van der Waals surface area contributed by atoms with Crippen LogP contribution in [0.2, 0.25) is 0 Å². The summed E-state index contributed by atoms with van der Waals surface area (Å²) in [6.07, 6.45) is 4.10. The Hall–Kier alpha value is -3.12. The molecule has 0 amide bonds. The fourth-order valence-electron chi connectivity index (χ4n) is 4.69. The molecule has 3 unspecified atom stereocenters. The van der Waals surface area contributed by atoms with Gasteiger partial charge in [0.1, 0.15) is 0 Å². The molecule has 0 aliphatic heterocycles. The highest BCUT2D eigenvalue weighted by Gasteiger charge is 2.20. The molecule has 1 aliphatic carbocycles. The fraction of sp³-hybridized carbons (Fsp3) is 0.351. The van der Waals surface area contributed by atoms with E-state index >= 15 is 0 Å². The van der Waals surface area contributed by atoms with E-state index in [4.69, 9.17) is 0 Å². The lowest BCUT2D eigenvalue weighted by atomic mass is 9.77. The van der Waals surface area contributed by atoms with Gasteiger partial charge in [-0.05, 0) is 84.4 Å². The molecule has 0 nitrogen and oxygen atoms in total. The van der Waals surface area contributed by atoms with Crippen molar-refractivity contribution < 1.29 is 0 Å². The maximum Gasteiger partial charge on any atom is -0.0140 e. The monoisotopic (exact) mass is 490 g/mol. The predicted octanol–water partition coefficient (Wildman–Crippen LogP) is 11.2. The van der Waals surface area contributed by atoms with Gasteiger partial charge < -0.3 is 0 Å². The molecule has 0 N–H and O–H groups in total. The van der Waals surface area contributed by atoms with Crippen LogP contribution in [0, 0.1) is 32.6 Å². The first-order chi connectivity index (χ1) is 17.8. The van der Waals surface area contributed by atoms with Gasteiger partial charge >= 0.3 is 0 Å². The molecule has 5 rings (SSSR count). The fourth-order valence-corrected chi connectivity index (χ4v) is 4.69. The van der Waals surface area contributed by atoms with Gasteiger partial charge in [-0.25, -0.2) is 0 Å². The number of hydrogen-bond donors (Lipinski definition) is 0. The topological polar surface area (TPSA) is 0 Å². The quantitative estimate of drug-likeness (QED) is 0.267. The third-order valence-corrected chi connectivity index (χ3v) is 7.97. The van der Waals surface area contributed by atoms with E-state index in [1.807, 2.05) is 18.2 Å². The lowest BCUT2D eigenvalue weighted by Gasteiger charge is -2.29. The largest absolute Gasteiger partial charge is 0.0648 e. The molecular formula is C37H46. The summed E-state index contributed by atoms with van der Waals surface area (Å²) in [5, 5.41) is 0. The Kier molecular flexibility index (Phi) is 10.8. The van der Waals surface area contributed by atoms with E-state index < -0.39 is 0 Å². The Morgan fingerprint density at radius 1 is 0.622 bits per heavy atom. The molecule has 0 saturated heterocycles. The van der Waals surface area contributed by atoms with Crippen LogP contribution in [0.4, 0.5) is 0 Å². The van der Waals surface area contributed by atoms with Crippen molar-refractivity contribution in [3.8, 4) is 22.3 Å². The summed E-state index contributed by atoms with van der Waals surface area (Å²) in [5.74, 6) is 2.63. The molecule has 0 bridgehead atoms. The molecule has 4 aromatic rings. The molecular weight excluding hydrogens is 444 g/mol. The molecule has 3 atom stereocenters. The van der Waals surface area contributed by atoms with Crippen LogP contribution in [0.1, 0.15) is 75.1 Å². The Balaban J connectivity index is 0.000000237. The van der Waals surface area contributed by atoms with Crippen LogP contribution in [0.15, 0.2) is 97.1 Å². The molecule has 0 aromatic heterocycles. The van der Waals surface area contributed by atoms with E-state index in [1.54, 1.807) is 0 Å². The standard InChI is InChI=1S/C24H26.C7H8.C6H12/c1-5-18(3)23-14-13-21(20-11-8-9-17(2)15-20)16-24(23)22-12-7-6-10-19(22)4;1-7-5-3-2-4-6-7;1-5-3-4-6(5)2/h6-16,18H,5H2,1-4H3;2-6H,1H3;5-6H,3-4H2,1-2H3. The summed E-state index contributed by atoms with van der Waals surface area (Å²) in [6, 6.07) is 34.7. The van der Waals surface area contributed by atoms with Crippen LogP contribution >= 0.6 is 0 Å². The Bertz CT molecular complexity index is 1230. The second kappa shape index (κ2) is 14.0. The van der Waals surface area contributed by atoms with Gasteiger partial charge in [0.25, 0.3) is 0 Å². The minimum atomic E-state index is 0.561. The summed E-state index contributed by atoms with van der Waals surface area (Å²) in [5.41, 5.74) is 10.7. The molecule has 0 heterocycles. The Labute approximate surface area is 226 Å². The highest BCUT2D eigenvalue weighted by Crippen LogP contribution is 2.36. The van der Waals surface area contributed by atoms with Crippen LogP contribution in [-0.4, -0.2) is 0 Å². The molecule has 1 aliphatic rings. The summed E-state index contributed by atoms with van der Waals surface area (Å²) in [7, 11) is 0. The van der Waals surface area contributed by atoms with Crippen LogP contribution in [-0.2, 0) is 0 Å². The van der Waals surface area contributed by atoms with Crippen molar-refractivity contribution in [2.75, 3.05) is 0 Å². The van der Waals surface area contributed by atoms with E-state index in [2.05, 4.69) is 127 Å². The van der Waals surface area contributed by atoms with E-state index in [0.717, 1.165) is 18.3 Å². The normalized spacial score (nSPS) is 16.8. The highest BCUT2D eigenvalue weighted by molar-refractivity contribution is 5.78. The number of aryl methyl sites for hydroxylation is 3. The summed E-state index contributed by atoms with van der Waals surface area (Å²) in [6.45, 7) is 15.7. The van der Waals surface area contributed by atoms with Crippen molar-refractivity contribution in [1.29, 1.82) is 0 Å². The van der Waals surface area contributed by atoms with Gasteiger partial charge in [-0.2, -0.15) is 0 Å². The zero-order valence-electron chi connectivity index (χ0n) is 24.1. The van der Waals surface area contributed by atoms with Crippen molar-refractivity contribution in [3.63, 3.8) is 0 Å². The van der Waals surface area contributed by atoms with Gasteiger partial charge in [0.2, 0.25) is 0 Å². The third-order valence-electron chi connectivity index (χ3n) is 7.97. The average Bonchev–Trinajstić information content (AvgIpc) is 2.92. The van der Waals surface area contributed by atoms with Crippen LogP contribution in [0.5, 0.6) is 0 Å². The van der Waals surface area contributed by atoms with Gasteiger partial charge in [-0.3, -0.25) is 0 Å². The van der Waals surface area contributed by atoms with Crippen molar-refractivity contribution >= 4 is 0 Å². The molecule has 0 spiro atoms. The second-order valence-electron chi connectivity index (χ2n) is 11.0. The maximum absolute atomic E-state index is 2.37. The summed E-state index contributed by atoms with van der Waals surface area (Å²) >= 11 is 0. The van der Waals surface area contributed by atoms with E-state index in [0.29, 0.717) is 5.92 Å². The Morgan fingerprint density at radius 2 is 1.22 bits per heavy atom. The van der Waals surface area contributed by atoms with Gasteiger partial charge in [0.05, 0.1) is 0 Å². The third kappa shape index (κ3) is 8.19. The van der Waals surface area contributed by atoms with Gasteiger partial charge in [-0.1, -0.05) is 143 Å². The van der Waals surface area contributed by atoms with Crippen molar-refractivity contribution in [2.45, 2.75) is 73.6 Å². The SMILES string of the molecule is CC1CCC1C.CCC(C)c1ccc(-c2cccc(C)c2)cc1-c1ccccc1C.Cc1ccccc1. The molecule has 1 fully saturated rings. The van der Waals surface area contributed by atoms with Crippen molar-refractivity contribution in [3.05, 3.63) is 119 Å². The average molecular weight is 491 g/mol. The van der Waals surface area contributed by atoms with Crippen LogP contribution < -0.4 is 0 Å². The van der Waals surface area contributed by atoms with Crippen LogP contribution in [0.25, 0.3) is 22.3 Å². The first-order valence-electron chi connectivity index (χ1n) is 14.1. The molecule has 0 radical (unpaired) electrons. The Morgan fingerprint density at radius 3 is 1.73 bits per heavy atom. The smallest absolute Gasteiger partial charge is 0.0140 e. The minimum absolute atomic E-state index is 0.561. The number of hydrogen-bond acceptors (Lipinski definition) is 0. The molecule has 194 valence electrons. The molecule has 37 heavy (non-hydrogen) atoms. The van der Waals surface area contributed by atoms with Crippen molar-refractivity contribution in [1.82, 2.24) is 0 Å². The van der Waals surface area contributed by atoms with E-state index in [1.165, 1.54) is 57.3 Å². The van der Waals surface area contributed by atoms with Crippen LogP contribution in [0.3, 0.4) is 0 Å². The maximum atomic E-state index is 2.37. The van der Waals surface area contributed by atoms with Gasteiger partial charge in [0, 0.05) is 0 Å². The lowest BCUT2D eigenvalue weighted by Crippen LogP contribution is -2.18.